The van der Waals surface area contributed by atoms with Gasteiger partial charge >= 0.3 is 5.97 Å². The number of likely N-dealkylation sites (tertiary alicyclic amines) is 1. The highest BCUT2D eigenvalue weighted by Gasteiger charge is 2.25. The molecule has 0 unspecified atom stereocenters. The van der Waals surface area contributed by atoms with Crippen molar-refractivity contribution in [2.45, 2.75) is 19.4 Å². The molecule has 0 bridgehead atoms. The zero-order valence-electron chi connectivity index (χ0n) is 11.7. The lowest BCUT2D eigenvalue weighted by molar-refractivity contribution is -0.143. The van der Waals surface area contributed by atoms with Crippen LogP contribution in [0.25, 0.3) is 0 Å². The van der Waals surface area contributed by atoms with E-state index >= 15 is 0 Å². The quantitative estimate of drug-likeness (QED) is 0.869. The minimum absolute atomic E-state index is 0.0521. The smallest absolute Gasteiger partial charge is 0.306 e. The summed E-state index contributed by atoms with van der Waals surface area (Å²) in [6.07, 6.45) is 1.22. The van der Waals surface area contributed by atoms with Crippen LogP contribution in [0.1, 0.15) is 18.4 Å². The van der Waals surface area contributed by atoms with Crippen molar-refractivity contribution in [1.82, 2.24) is 10.2 Å². The van der Waals surface area contributed by atoms with E-state index in [4.69, 9.17) is 16.7 Å². The first-order valence-corrected chi connectivity index (χ1v) is 7.38. The molecule has 5 nitrogen and oxygen atoms in total. The summed E-state index contributed by atoms with van der Waals surface area (Å²) in [6.45, 7) is 2.07. The number of carboxylic acids is 1. The zero-order valence-corrected chi connectivity index (χ0v) is 12.5. The van der Waals surface area contributed by atoms with Crippen molar-refractivity contribution in [2.24, 2.45) is 5.92 Å². The Morgan fingerprint density at radius 1 is 1.33 bits per heavy atom. The molecule has 1 aliphatic rings. The number of piperidine rings is 1. The summed E-state index contributed by atoms with van der Waals surface area (Å²) < 4.78 is 0. The Kier molecular flexibility index (Phi) is 5.59. The molecule has 0 radical (unpaired) electrons. The first kappa shape index (κ1) is 15.8. The van der Waals surface area contributed by atoms with Gasteiger partial charge in [-0.1, -0.05) is 23.7 Å². The monoisotopic (exact) mass is 310 g/mol. The Labute approximate surface area is 128 Å². The van der Waals surface area contributed by atoms with Gasteiger partial charge in [-0.3, -0.25) is 14.5 Å². The second-order valence-corrected chi connectivity index (χ2v) is 5.73. The lowest BCUT2D eigenvalue weighted by atomic mass is 9.97. The molecule has 0 aromatic heterocycles. The molecular weight excluding hydrogens is 292 g/mol. The van der Waals surface area contributed by atoms with Crippen LogP contribution >= 0.6 is 11.6 Å². The van der Waals surface area contributed by atoms with Crippen LogP contribution in [0.3, 0.4) is 0 Å². The van der Waals surface area contributed by atoms with Gasteiger partial charge in [-0.05, 0) is 43.6 Å². The molecule has 21 heavy (non-hydrogen) atoms. The molecular formula is C15H19ClN2O3. The lowest BCUT2D eigenvalue weighted by Crippen LogP contribution is -2.42. The van der Waals surface area contributed by atoms with Crippen molar-refractivity contribution < 1.29 is 14.7 Å². The number of carbonyl (C=O) groups excluding carboxylic acids is 1. The predicted molar refractivity (Wildman–Crippen MR) is 80.1 cm³/mol. The minimum atomic E-state index is -0.736. The molecule has 2 N–H and O–H groups in total. The molecule has 0 spiro atoms. The van der Waals surface area contributed by atoms with Crippen LogP contribution in [-0.4, -0.2) is 41.5 Å². The van der Waals surface area contributed by atoms with Crippen LogP contribution in [0.15, 0.2) is 24.3 Å². The molecule has 1 fully saturated rings. The number of hydrogen-bond donors (Lipinski definition) is 2. The molecule has 114 valence electrons. The summed E-state index contributed by atoms with van der Waals surface area (Å²) in [5, 5.41) is 12.4. The summed E-state index contributed by atoms with van der Waals surface area (Å²) in [5.41, 5.74) is 0.959. The lowest BCUT2D eigenvalue weighted by Gasteiger charge is -2.29. The Morgan fingerprint density at radius 2 is 2.05 bits per heavy atom. The number of nitrogens with one attached hydrogen (secondary N) is 1. The third-order valence-electron chi connectivity index (χ3n) is 3.68. The SMILES string of the molecule is O=C(CN1CCC(C(=O)O)CC1)NCc1cccc(Cl)c1. The maximum atomic E-state index is 11.9. The molecule has 1 saturated heterocycles. The molecule has 0 aliphatic carbocycles. The van der Waals surface area contributed by atoms with Gasteiger partial charge in [0, 0.05) is 11.6 Å². The Hall–Kier alpha value is -1.59. The average molecular weight is 311 g/mol. The number of carboxylic acid groups (broad SMARTS) is 1. The van der Waals surface area contributed by atoms with Gasteiger partial charge in [0.05, 0.1) is 12.5 Å². The first-order chi connectivity index (χ1) is 10.0. The highest BCUT2D eigenvalue weighted by Crippen LogP contribution is 2.16. The second-order valence-electron chi connectivity index (χ2n) is 5.30. The van der Waals surface area contributed by atoms with Crippen molar-refractivity contribution in [3.05, 3.63) is 34.9 Å². The summed E-state index contributed by atoms with van der Waals surface area (Å²) in [5.74, 6) is -1.06. The van der Waals surface area contributed by atoms with E-state index in [-0.39, 0.29) is 11.8 Å². The van der Waals surface area contributed by atoms with Gasteiger partial charge in [-0.2, -0.15) is 0 Å². The van der Waals surface area contributed by atoms with Gasteiger partial charge in [0.25, 0.3) is 0 Å². The van der Waals surface area contributed by atoms with Crippen LogP contribution in [0.4, 0.5) is 0 Å². The van der Waals surface area contributed by atoms with Gasteiger partial charge in [-0.25, -0.2) is 0 Å². The molecule has 1 aliphatic heterocycles. The molecule has 0 saturated carbocycles. The van der Waals surface area contributed by atoms with Gasteiger partial charge in [-0.15, -0.1) is 0 Å². The molecule has 1 aromatic rings. The summed E-state index contributed by atoms with van der Waals surface area (Å²) >= 11 is 5.89. The van der Waals surface area contributed by atoms with Crippen LogP contribution in [-0.2, 0) is 16.1 Å². The number of halogens is 1. The Morgan fingerprint density at radius 3 is 2.67 bits per heavy atom. The van der Waals surface area contributed by atoms with Crippen LogP contribution in [0.5, 0.6) is 0 Å². The van der Waals surface area contributed by atoms with E-state index in [9.17, 15) is 9.59 Å². The summed E-state index contributed by atoms with van der Waals surface area (Å²) in [7, 11) is 0. The third-order valence-corrected chi connectivity index (χ3v) is 3.92. The molecule has 2 rings (SSSR count). The van der Waals surface area contributed by atoms with Crippen molar-refractivity contribution in [2.75, 3.05) is 19.6 Å². The number of aliphatic carboxylic acids is 1. The van der Waals surface area contributed by atoms with Gasteiger partial charge in [0.15, 0.2) is 0 Å². The molecule has 1 amide bonds. The number of carbonyl (C=O) groups is 2. The Balaban J connectivity index is 1.72. The van der Waals surface area contributed by atoms with Crippen molar-refractivity contribution in [3.8, 4) is 0 Å². The second kappa shape index (κ2) is 7.43. The highest BCUT2D eigenvalue weighted by atomic mass is 35.5. The van der Waals surface area contributed by atoms with E-state index in [2.05, 4.69) is 5.32 Å². The number of rotatable bonds is 5. The number of benzene rings is 1. The minimum Gasteiger partial charge on any atom is -0.481 e. The van der Waals surface area contributed by atoms with Crippen molar-refractivity contribution in [3.63, 3.8) is 0 Å². The van der Waals surface area contributed by atoms with Gasteiger partial charge in [0.2, 0.25) is 5.91 Å². The van der Waals surface area contributed by atoms with E-state index in [0.29, 0.717) is 44.0 Å². The normalized spacial score (nSPS) is 16.6. The zero-order chi connectivity index (χ0) is 15.2. The first-order valence-electron chi connectivity index (χ1n) is 7.01. The summed E-state index contributed by atoms with van der Waals surface area (Å²) in [6, 6.07) is 7.37. The largest absolute Gasteiger partial charge is 0.481 e. The fourth-order valence-corrected chi connectivity index (χ4v) is 2.66. The van der Waals surface area contributed by atoms with Gasteiger partial charge < -0.3 is 10.4 Å². The van der Waals surface area contributed by atoms with Crippen LogP contribution < -0.4 is 5.32 Å². The topological polar surface area (TPSA) is 69.6 Å². The Bertz CT molecular complexity index is 513. The van der Waals surface area contributed by atoms with Gasteiger partial charge in [0.1, 0.15) is 0 Å². The number of amides is 1. The molecule has 0 atom stereocenters. The van der Waals surface area contributed by atoms with E-state index in [0.717, 1.165) is 5.56 Å². The highest BCUT2D eigenvalue weighted by molar-refractivity contribution is 6.30. The molecule has 1 aromatic carbocycles. The predicted octanol–water partition coefficient (Wildman–Crippen LogP) is 1.75. The number of nitrogens with zero attached hydrogens (tertiary/aromatic N) is 1. The van der Waals surface area contributed by atoms with E-state index in [1.807, 2.05) is 23.1 Å². The maximum absolute atomic E-state index is 11.9. The standard InChI is InChI=1S/C15H19ClN2O3/c16-13-3-1-2-11(8-13)9-17-14(19)10-18-6-4-12(5-7-18)15(20)21/h1-3,8,12H,4-7,9-10H2,(H,17,19)(H,20,21). The van der Waals surface area contributed by atoms with E-state index < -0.39 is 5.97 Å². The number of hydrogen-bond acceptors (Lipinski definition) is 3. The average Bonchev–Trinajstić information content (AvgIpc) is 2.46. The van der Waals surface area contributed by atoms with Crippen molar-refractivity contribution >= 4 is 23.5 Å². The fraction of sp³-hybridized carbons (Fsp3) is 0.467. The third kappa shape index (κ3) is 5.02. The fourth-order valence-electron chi connectivity index (χ4n) is 2.44. The van der Waals surface area contributed by atoms with E-state index in [1.54, 1.807) is 6.07 Å². The molecule has 1 heterocycles. The van der Waals surface area contributed by atoms with Crippen LogP contribution in [0.2, 0.25) is 5.02 Å². The van der Waals surface area contributed by atoms with Crippen LogP contribution in [0, 0.1) is 5.92 Å². The summed E-state index contributed by atoms with van der Waals surface area (Å²) in [4.78, 5) is 24.7. The maximum Gasteiger partial charge on any atom is 0.306 e. The van der Waals surface area contributed by atoms with E-state index in [1.165, 1.54) is 0 Å². The van der Waals surface area contributed by atoms with Crippen molar-refractivity contribution in [1.29, 1.82) is 0 Å². The molecule has 6 heteroatoms.